The normalized spacial score (nSPS) is 31.0. The molecular formula is C14H21NO3. The highest BCUT2D eigenvalue weighted by Gasteiger charge is 2.54. The number of carbonyl (C=O) groups is 2. The average molecular weight is 251 g/mol. The highest BCUT2D eigenvalue weighted by molar-refractivity contribution is 5.87. The zero-order chi connectivity index (χ0) is 13.1. The number of carbonyl (C=O) groups excluding carboxylic acids is 1. The largest absolute Gasteiger partial charge is 0.480 e. The molecule has 0 aromatic carbocycles. The van der Waals surface area contributed by atoms with Crippen LogP contribution in [0.15, 0.2) is 12.7 Å². The smallest absolute Gasteiger partial charge is 0.326 e. The number of hydrogen-bond acceptors (Lipinski definition) is 2. The Bertz CT molecular complexity index is 341. The molecule has 0 spiro atoms. The van der Waals surface area contributed by atoms with Gasteiger partial charge in [0.15, 0.2) is 0 Å². The summed E-state index contributed by atoms with van der Waals surface area (Å²) in [7, 11) is 0. The van der Waals surface area contributed by atoms with Crippen molar-refractivity contribution in [2.45, 2.75) is 44.6 Å². The van der Waals surface area contributed by atoms with Gasteiger partial charge in [-0.1, -0.05) is 18.9 Å². The van der Waals surface area contributed by atoms with Gasteiger partial charge in [0.25, 0.3) is 0 Å². The molecule has 18 heavy (non-hydrogen) atoms. The first-order valence-corrected chi connectivity index (χ1v) is 6.79. The molecule has 2 N–H and O–H groups in total. The van der Waals surface area contributed by atoms with Crippen LogP contribution in [0.4, 0.5) is 0 Å². The first-order chi connectivity index (χ1) is 8.65. The van der Waals surface area contributed by atoms with Crippen molar-refractivity contribution in [3.05, 3.63) is 12.7 Å². The highest BCUT2D eigenvalue weighted by Crippen LogP contribution is 2.55. The second-order valence-corrected chi connectivity index (χ2v) is 5.40. The van der Waals surface area contributed by atoms with Gasteiger partial charge in [0.05, 0.1) is 0 Å². The molecule has 100 valence electrons. The number of rotatable bonds is 6. The maximum atomic E-state index is 12.0. The number of allylic oxidation sites excluding steroid dienone is 1. The molecule has 0 aliphatic heterocycles. The second-order valence-electron chi connectivity index (χ2n) is 5.40. The van der Waals surface area contributed by atoms with Gasteiger partial charge >= 0.3 is 5.97 Å². The number of amides is 1. The molecule has 3 atom stereocenters. The van der Waals surface area contributed by atoms with Crippen LogP contribution in [0.2, 0.25) is 0 Å². The van der Waals surface area contributed by atoms with Crippen molar-refractivity contribution in [3.8, 4) is 0 Å². The predicted octanol–water partition coefficient (Wildman–Crippen LogP) is 1.96. The fraction of sp³-hybridized carbons (Fsp3) is 0.714. The van der Waals surface area contributed by atoms with Crippen molar-refractivity contribution in [2.24, 2.45) is 17.8 Å². The van der Waals surface area contributed by atoms with E-state index >= 15 is 0 Å². The molecule has 0 bridgehead atoms. The molecule has 2 fully saturated rings. The van der Waals surface area contributed by atoms with Gasteiger partial charge in [-0.3, -0.25) is 4.79 Å². The van der Waals surface area contributed by atoms with Crippen LogP contribution in [0.3, 0.4) is 0 Å². The lowest BCUT2D eigenvalue weighted by atomic mass is 10.0. The minimum Gasteiger partial charge on any atom is -0.480 e. The molecule has 2 aliphatic rings. The van der Waals surface area contributed by atoms with Crippen molar-refractivity contribution in [1.29, 1.82) is 0 Å². The molecule has 1 amide bonds. The minimum atomic E-state index is -0.950. The molecule has 0 radical (unpaired) electrons. The minimum absolute atomic E-state index is 0.0524. The molecule has 0 aromatic heterocycles. The van der Waals surface area contributed by atoms with Gasteiger partial charge in [-0.2, -0.15) is 0 Å². The fourth-order valence-corrected chi connectivity index (χ4v) is 3.19. The summed E-state index contributed by atoms with van der Waals surface area (Å²) in [5.41, 5.74) is 0. The van der Waals surface area contributed by atoms with Crippen molar-refractivity contribution in [2.75, 3.05) is 0 Å². The zero-order valence-corrected chi connectivity index (χ0v) is 10.6. The number of nitrogens with one attached hydrogen (secondary N) is 1. The molecule has 0 saturated heterocycles. The van der Waals surface area contributed by atoms with Gasteiger partial charge in [0.1, 0.15) is 6.04 Å². The van der Waals surface area contributed by atoms with E-state index < -0.39 is 12.0 Å². The summed E-state index contributed by atoms with van der Waals surface area (Å²) in [5.74, 6) is 0.121. The molecule has 2 aliphatic carbocycles. The Labute approximate surface area is 107 Å². The van der Waals surface area contributed by atoms with E-state index in [4.69, 9.17) is 5.11 Å². The maximum absolute atomic E-state index is 12.0. The maximum Gasteiger partial charge on any atom is 0.326 e. The zero-order valence-electron chi connectivity index (χ0n) is 10.6. The van der Waals surface area contributed by atoms with E-state index in [1.54, 1.807) is 6.08 Å². The first-order valence-electron chi connectivity index (χ1n) is 6.79. The Morgan fingerprint density at radius 2 is 1.94 bits per heavy atom. The van der Waals surface area contributed by atoms with Crippen LogP contribution in [0.5, 0.6) is 0 Å². The molecular weight excluding hydrogens is 230 g/mol. The quantitative estimate of drug-likeness (QED) is 0.709. The average Bonchev–Trinajstić information content (AvgIpc) is 3.08. The van der Waals surface area contributed by atoms with E-state index in [0.29, 0.717) is 24.7 Å². The summed E-state index contributed by atoms with van der Waals surface area (Å²) in [6.45, 7) is 3.57. The van der Waals surface area contributed by atoms with E-state index in [2.05, 4.69) is 11.9 Å². The Kier molecular flexibility index (Phi) is 4.04. The third kappa shape index (κ3) is 2.74. The van der Waals surface area contributed by atoms with E-state index in [-0.39, 0.29) is 11.8 Å². The predicted molar refractivity (Wildman–Crippen MR) is 67.9 cm³/mol. The number of fused-ring (bicyclic) bond motifs is 1. The summed E-state index contributed by atoms with van der Waals surface area (Å²) in [6.07, 6.45) is 7.40. The van der Waals surface area contributed by atoms with E-state index in [9.17, 15) is 9.59 Å². The number of carboxylic acid groups (broad SMARTS) is 1. The molecule has 4 nitrogen and oxygen atoms in total. The van der Waals surface area contributed by atoms with Gasteiger partial charge in [-0.05, 0) is 37.5 Å². The molecule has 2 rings (SSSR count). The van der Waals surface area contributed by atoms with Gasteiger partial charge in [0, 0.05) is 5.92 Å². The van der Waals surface area contributed by atoms with Crippen LogP contribution < -0.4 is 5.32 Å². The van der Waals surface area contributed by atoms with Crippen LogP contribution in [0.1, 0.15) is 38.5 Å². The molecule has 0 aromatic rings. The molecule has 2 saturated carbocycles. The van der Waals surface area contributed by atoms with Crippen molar-refractivity contribution < 1.29 is 14.7 Å². The standard InChI is InChI=1S/C14H21NO3/c1-2-3-8-11(14(17)18)15-13(16)12-9-6-4-5-7-10(9)12/h2,9-12H,1,3-8H2,(H,15,16)(H,17,18). The van der Waals surface area contributed by atoms with E-state index in [0.717, 1.165) is 12.8 Å². The number of hydrogen-bond donors (Lipinski definition) is 2. The van der Waals surface area contributed by atoms with Crippen LogP contribution in [-0.4, -0.2) is 23.0 Å². The fourth-order valence-electron chi connectivity index (χ4n) is 3.19. The highest BCUT2D eigenvalue weighted by atomic mass is 16.4. The van der Waals surface area contributed by atoms with Gasteiger partial charge in [-0.15, -0.1) is 6.58 Å². The Balaban J connectivity index is 1.85. The third-order valence-electron chi connectivity index (χ3n) is 4.23. The van der Waals surface area contributed by atoms with Crippen LogP contribution in [0.25, 0.3) is 0 Å². The second kappa shape index (κ2) is 5.55. The Morgan fingerprint density at radius 1 is 1.33 bits per heavy atom. The Hall–Kier alpha value is -1.32. The van der Waals surface area contributed by atoms with Crippen molar-refractivity contribution >= 4 is 11.9 Å². The molecule has 0 heterocycles. The Morgan fingerprint density at radius 3 is 2.44 bits per heavy atom. The van der Waals surface area contributed by atoms with Gasteiger partial charge in [0.2, 0.25) is 5.91 Å². The van der Waals surface area contributed by atoms with Gasteiger partial charge < -0.3 is 10.4 Å². The van der Waals surface area contributed by atoms with Crippen LogP contribution >= 0.6 is 0 Å². The monoisotopic (exact) mass is 251 g/mol. The topological polar surface area (TPSA) is 66.4 Å². The number of carboxylic acids is 1. The van der Waals surface area contributed by atoms with Crippen molar-refractivity contribution in [1.82, 2.24) is 5.32 Å². The van der Waals surface area contributed by atoms with Crippen molar-refractivity contribution in [3.63, 3.8) is 0 Å². The lowest BCUT2D eigenvalue weighted by Gasteiger charge is -2.13. The lowest BCUT2D eigenvalue weighted by molar-refractivity contribution is -0.142. The molecule has 3 unspecified atom stereocenters. The molecule has 4 heteroatoms. The summed E-state index contributed by atoms with van der Waals surface area (Å²) in [5, 5.41) is 11.7. The summed E-state index contributed by atoms with van der Waals surface area (Å²) in [4.78, 5) is 23.1. The lowest BCUT2D eigenvalue weighted by Crippen LogP contribution is -2.41. The van der Waals surface area contributed by atoms with E-state index in [1.165, 1.54) is 12.8 Å². The summed E-state index contributed by atoms with van der Waals surface area (Å²) < 4.78 is 0. The van der Waals surface area contributed by atoms with Gasteiger partial charge in [-0.25, -0.2) is 4.79 Å². The number of aliphatic carboxylic acids is 1. The SMILES string of the molecule is C=CCCC(NC(=O)C1C2CCCCC21)C(=O)O. The third-order valence-corrected chi connectivity index (χ3v) is 4.23. The van der Waals surface area contributed by atoms with Crippen LogP contribution in [-0.2, 0) is 9.59 Å². The summed E-state index contributed by atoms with van der Waals surface area (Å²) in [6, 6.07) is -0.766. The summed E-state index contributed by atoms with van der Waals surface area (Å²) >= 11 is 0. The van der Waals surface area contributed by atoms with E-state index in [1.807, 2.05) is 0 Å². The van der Waals surface area contributed by atoms with Crippen LogP contribution in [0, 0.1) is 17.8 Å². The first kappa shape index (κ1) is 13.1.